The number of nitrogens with two attached hydrogens (primary N) is 1. The summed E-state index contributed by atoms with van der Waals surface area (Å²) in [5.74, 6) is 0. The third kappa shape index (κ3) is 2.19. The Labute approximate surface area is 111 Å². The average molecular weight is 259 g/mol. The maximum Gasteiger partial charge on any atom is 0.107 e. The van der Waals surface area contributed by atoms with E-state index < -0.39 is 0 Å². The van der Waals surface area contributed by atoms with E-state index in [2.05, 4.69) is 41.5 Å². The van der Waals surface area contributed by atoms with Crippen molar-refractivity contribution in [3.8, 4) is 0 Å². The van der Waals surface area contributed by atoms with Crippen LogP contribution >= 0.6 is 11.3 Å². The van der Waals surface area contributed by atoms with Gasteiger partial charge in [0.05, 0.1) is 0 Å². The minimum Gasteiger partial charge on any atom is -0.324 e. The highest BCUT2D eigenvalue weighted by atomic mass is 32.1. The van der Waals surface area contributed by atoms with Gasteiger partial charge < -0.3 is 11.1 Å². The summed E-state index contributed by atoms with van der Waals surface area (Å²) < 4.78 is 0. The van der Waals surface area contributed by atoms with Crippen LogP contribution in [0.3, 0.4) is 0 Å². The molecule has 4 heteroatoms. The summed E-state index contributed by atoms with van der Waals surface area (Å²) in [5.41, 5.74) is 8.79. The summed E-state index contributed by atoms with van der Waals surface area (Å²) in [4.78, 5) is 5.64. The van der Waals surface area contributed by atoms with E-state index in [1.165, 1.54) is 16.0 Å². The van der Waals surface area contributed by atoms with Crippen LogP contribution < -0.4 is 11.1 Å². The number of hydrogen-bond donors (Lipinski definition) is 2. The molecule has 0 saturated carbocycles. The van der Waals surface area contributed by atoms with Crippen molar-refractivity contribution in [2.45, 2.75) is 32.0 Å². The summed E-state index contributed by atoms with van der Waals surface area (Å²) in [7, 11) is 0. The predicted molar refractivity (Wildman–Crippen MR) is 74.4 cm³/mol. The van der Waals surface area contributed by atoms with Crippen LogP contribution in [-0.4, -0.2) is 4.98 Å². The molecule has 2 aromatic rings. The second-order valence-corrected chi connectivity index (χ2v) is 6.09. The number of thiazole rings is 1. The molecule has 0 amide bonds. The van der Waals surface area contributed by atoms with Crippen LogP contribution in [0, 0.1) is 6.92 Å². The number of benzene rings is 1. The van der Waals surface area contributed by atoms with Crippen molar-refractivity contribution >= 4 is 11.3 Å². The van der Waals surface area contributed by atoms with E-state index in [-0.39, 0.29) is 6.04 Å². The van der Waals surface area contributed by atoms with Crippen molar-refractivity contribution < 1.29 is 0 Å². The van der Waals surface area contributed by atoms with Crippen molar-refractivity contribution in [3.05, 3.63) is 51.5 Å². The van der Waals surface area contributed by atoms with Crippen LogP contribution in [0.1, 0.15) is 39.5 Å². The largest absolute Gasteiger partial charge is 0.324 e. The molecule has 1 aromatic heterocycles. The van der Waals surface area contributed by atoms with Gasteiger partial charge in [0.2, 0.25) is 0 Å². The number of nitrogens with one attached hydrogen (secondary N) is 1. The van der Waals surface area contributed by atoms with Gasteiger partial charge >= 0.3 is 0 Å². The zero-order valence-electron chi connectivity index (χ0n) is 10.4. The molecule has 1 heterocycles. The molecular weight excluding hydrogens is 242 g/mol. The van der Waals surface area contributed by atoms with E-state index in [0.717, 1.165) is 18.0 Å². The van der Waals surface area contributed by atoms with Crippen LogP contribution in [0.5, 0.6) is 0 Å². The van der Waals surface area contributed by atoms with Gasteiger partial charge in [0.25, 0.3) is 0 Å². The number of rotatable bonds is 3. The summed E-state index contributed by atoms with van der Waals surface area (Å²) in [6, 6.07) is 8.98. The van der Waals surface area contributed by atoms with E-state index in [1.54, 1.807) is 11.3 Å². The molecule has 2 atom stereocenters. The monoisotopic (exact) mass is 259 g/mol. The normalized spacial score (nSPS) is 22.1. The zero-order valence-corrected chi connectivity index (χ0v) is 11.2. The van der Waals surface area contributed by atoms with Crippen molar-refractivity contribution in [1.82, 2.24) is 10.3 Å². The Morgan fingerprint density at radius 3 is 2.89 bits per heavy atom. The molecule has 0 aliphatic heterocycles. The van der Waals surface area contributed by atoms with Crippen molar-refractivity contribution in [3.63, 3.8) is 0 Å². The molecule has 1 aromatic carbocycles. The first-order chi connectivity index (χ1) is 8.74. The van der Waals surface area contributed by atoms with E-state index in [1.807, 2.05) is 6.20 Å². The van der Waals surface area contributed by atoms with Crippen molar-refractivity contribution in [2.24, 2.45) is 5.73 Å². The Morgan fingerprint density at radius 1 is 1.39 bits per heavy atom. The molecule has 94 valence electrons. The molecule has 0 radical (unpaired) electrons. The van der Waals surface area contributed by atoms with Gasteiger partial charge in [0.15, 0.2) is 0 Å². The second-order valence-electron chi connectivity index (χ2n) is 4.77. The number of nitrogens with zero attached hydrogens (tertiary/aromatic N) is 1. The van der Waals surface area contributed by atoms with Gasteiger partial charge in [-0.25, -0.2) is 4.98 Å². The number of hydrogen-bond acceptors (Lipinski definition) is 4. The lowest BCUT2D eigenvalue weighted by Gasteiger charge is -2.12. The van der Waals surface area contributed by atoms with Gasteiger partial charge in [0.1, 0.15) is 5.01 Å². The summed E-state index contributed by atoms with van der Waals surface area (Å²) in [6.45, 7) is 2.91. The molecule has 18 heavy (non-hydrogen) atoms. The Bertz CT molecular complexity index is 549. The lowest BCUT2D eigenvalue weighted by molar-refractivity contribution is 0.498. The van der Waals surface area contributed by atoms with E-state index in [4.69, 9.17) is 5.73 Å². The maximum absolute atomic E-state index is 6.16. The number of aryl methyl sites for hydroxylation is 1. The highest BCUT2D eigenvalue weighted by Gasteiger charge is 2.27. The molecule has 3 N–H and O–H groups in total. The Balaban J connectivity index is 1.72. The first-order valence-corrected chi connectivity index (χ1v) is 7.05. The standard InChI is InChI=1S/C14H17N3S/c1-9-7-17-14(18-9)8-16-13-6-12(15)10-4-2-3-5-11(10)13/h2-5,7,12-13,16H,6,8,15H2,1H3. The maximum atomic E-state index is 6.16. The first kappa shape index (κ1) is 11.8. The lowest BCUT2D eigenvalue weighted by atomic mass is 10.1. The van der Waals surface area contributed by atoms with E-state index in [9.17, 15) is 0 Å². The molecule has 1 aliphatic rings. The smallest absolute Gasteiger partial charge is 0.107 e. The van der Waals surface area contributed by atoms with Gasteiger partial charge in [-0.15, -0.1) is 11.3 Å². The third-order valence-corrected chi connectivity index (χ3v) is 4.34. The van der Waals surface area contributed by atoms with Gasteiger partial charge in [-0.1, -0.05) is 24.3 Å². The van der Waals surface area contributed by atoms with Gasteiger partial charge in [-0.3, -0.25) is 0 Å². The Kier molecular flexibility index (Phi) is 3.16. The van der Waals surface area contributed by atoms with Crippen molar-refractivity contribution in [1.29, 1.82) is 0 Å². The number of fused-ring (bicyclic) bond motifs is 1. The van der Waals surface area contributed by atoms with Crippen LogP contribution in [-0.2, 0) is 6.54 Å². The minimum atomic E-state index is 0.164. The zero-order chi connectivity index (χ0) is 12.5. The summed E-state index contributed by atoms with van der Waals surface area (Å²) in [5, 5.41) is 4.71. The lowest BCUT2D eigenvalue weighted by Crippen LogP contribution is -2.19. The highest BCUT2D eigenvalue weighted by Crippen LogP contribution is 2.37. The SMILES string of the molecule is Cc1cnc(CNC2CC(N)c3ccccc32)s1. The fraction of sp³-hybridized carbons (Fsp3) is 0.357. The topological polar surface area (TPSA) is 50.9 Å². The van der Waals surface area contributed by atoms with E-state index in [0.29, 0.717) is 6.04 Å². The summed E-state index contributed by atoms with van der Waals surface area (Å²) >= 11 is 1.75. The van der Waals surface area contributed by atoms with Crippen molar-refractivity contribution in [2.75, 3.05) is 0 Å². The van der Waals surface area contributed by atoms with Gasteiger partial charge in [-0.2, -0.15) is 0 Å². The second kappa shape index (κ2) is 4.80. The molecule has 1 aliphatic carbocycles. The predicted octanol–water partition coefficient (Wildman–Crippen LogP) is 2.69. The average Bonchev–Trinajstić information content (AvgIpc) is 2.92. The summed E-state index contributed by atoms with van der Waals surface area (Å²) in [6.07, 6.45) is 2.90. The third-order valence-electron chi connectivity index (χ3n) is 3.43. The first-order valence-electron chi connectivity index (χ1n) is 6.23. The minimum absolute atomic E-state index is 0.164. The highest BCUT2D eigenvalue weighted by molar-refractivity contribution is 7.11. The molecule has 3 nitrogen and oxygen atoms in total. The van der Waals surface area contributed by atoms with Gasteiger partial charge in [-0.05, 0) is 24.5 Å². The fourth-order valence-electron chi connectivity index (χ4n) is 2.56. The van der Waals surface area contributed by atoms with Gasteiger partial charge in [0, 0.05) is 29.7 Å². The Hall–Kier alpha value is -1.23. The number of aromatic nitrogens is 1. The molecule has 0 bridgehead atoms. The molecule has 3 rings (SSSR count). The van der Waals surface area contributed by atoms with E-state index >= 15 is 0 Å². The molecular formula is C14H17N3S. The molecule has 2 unspecified atom stereocenters. The quantitative estimate of drug-likeness (QED) is 0.891. The molecule has 0 spiro atoms. The molecule has 0 fully saturated rings. The van der Waals surface area contributed by atoms with Crippen LogP contribution in [0.4, 0.5) is 0 Å². The Morgan fingerprint density at radius 2 is 2.17 bits per heavy atom. The fourth-order valence-corrected chi connectivity index (χ4v) is 3.30. The molecule has 0 saturated heterocycles. The van der Waals surface area contributed by atoms with Crippen LogP contribution in [0.25, 0.3) is 0 Å². The van der Waals surface area contributed by atoms with Crippen LogP contribution in [0.15, 0.2) is 30.5 Å². The van der Waals surface area contributed by atoms with Crippen LogP contribution in [0.2, 0.25) is 0 Å².